The number of Topliss-reactive ketones (excluding diaryl/α,β-unsaturated/α-hetero) is 1. The highest BCUT2D eigenvalue weighted by atomic mass is 16.2. The zero-order valence-electron chi connectivity index (χ0n) is 13.2. The number of amides is 2. The molecule has 2 amide bonds. The van der Waals surface area contributed by atoms with Crippen LogP contribution in [-0.2, 0) is 9.59 Å². The molecular weight excluding hydrogens is 322 g/mol. The van der Waals surface area contributed by atoms with E-state index in [2.05, 4.69) is 20.5 Å². The molecule has 1 aromatic heterocycles. The lowest BCUT2D eigenvalue weighted by molar-refractivity contribution is -0.122. The third-order valence-electron chi connectivity index (χ3n) is 4.25. The van der Waals surface area contributed by atoms with Gasteiger partial charge in [0.25, 0.3) is 5.91 Å². The van der Waals surface area contributed by atoms with E-state index in [4.69, 9.17) is 0 Å². The van der Waals surface area contributed by atoms with Gasteiger partial charge in [0.2, 0.25) is 11.7 Å². The number of ketones is 1. The molecule has 8 heteroatoms. The fraction of sp³-hybridized carbons (Fsp3) is 0.176. The Balaban J connectivity index is 1.67. The van der Waals surface area contributed by atoms with Gasteiger partial charge in [-0.05, 0) is 19.1 Å². The van der Waals surface area contributed by atoms with Crippen LogP contribution in [0.15, 0.2) is 48.0 Å². The number of hydrazone groups is 1. The summed E-state index contributed by atoms with van der Waals surface area (Å²) in [5.41, 5.74) is 4.17. The Morgan fingerprint density at radius 3 is 2.56 bits per heavy atom. The van der Waals surface area contributed by atoms with Crippen molar-refractivity contribution in [3.05, 3.63) is 54.1 Å². The van der Waals surface area contributed by atoms with Gasteiger partial charge in [-0.15, -0.1) is 0 Å². The first-order valence-electron chi connectivity index (χ1n) is 7.66. The summed E-state index contributed by atoms with van der Waals surface area (Å²) in [6.07, 6.45) is 4.13. The number of carbonyl (C=O) groups is 3. The fourth-order valence-corrected chi connectivity index (χ4v) is 2.97. The van der Waals surface area contributed by atoms with Crippen LogP contribution in [-0.4, -0.2) is 39.3 Å². The zero-order chi connectivity index (χ0) is 17.6. The van der Waals surface area contributed by atoms with Crippen LogP contribution in [0, 0.1) is 12.8 Å². The van der Waals surface area contributed by atoms with Gasteiger partial charge in [-0.3, -0.25) is 24.8 Å². The molecule has 2 aromatic rings. The first kappa shape index (κ1) is 15.1. The Labute approximate surface area is 142 Å². The van der Waals surface area contributed by atoms with Crippen molar-refractivity contribution in [2.45, 2.75) is 13.0 Å². The first-order chi connectivity index (χ1) is 12.1. The summed E-state index contributed by atoms with van der Waals surface area (Å²) < 4.78 is 0. The number of anilines is 1. The highest BCUT2D eigenvalue weighted by molar-refractivity contribution is 6.52. The average Bonchev–Trinajstić information content (AvgIpc) is 3.17. The second kappa shape index (κ2) is 5.59. The van der Waals surface area contributed by atoms with Gasteiger partial charge in [0, 0.05) is 12.4 Å². The van der Waals surface area contributed by atoms with Crippen LogP contribution in [0.4, 0.5) is 5.69 Å². The Bertz CT molecular complexity index is 908. The monoisotopic (exact) mass is 335 g/mol. The van der Waals surface area contributed by atoms with Crippen LogP contribution >= 0.6 is 0 Å². The summed E-state index contributed by atoms with van der Waals surface area (Å²) in [4.78, 5) is 46.9. The van der Waals surface area contributed by atoms with E-state index < -0.39 is 29.6 Å². The van der Waals surface area contributed by atoms with Crippen LogP contribution in [0.25, 0.3) is 0 Å². The highest BCUT2D eigenvalue weighted by Gasteiger charge is 2.55. The standard InChI is InChI=1S/C17H13N5O3/c1-9-2-4-10(5-3-9)22-16(24)12-13(20-21-14(12)17(22)25)15(23)11-8-18-6-7-19-11/h2-8,12,14,21H,1H3/t12-,14-/m0/s1. The summed E-state index contributed by atoms with van der Waals surface area (Å²) in [6, 6.07) is 6.17. The molecule has 0 aliphatic carbocycles. The minimum atomic E-state index is -0.955. The maximum Gasteiger partial charge on any atom is 0.259 e. The Morgan fingerprint density at radius 1 is 1.12 bits per heavy atom. The fourth-order valence-electron chi connectivity index (χ4n) is 2.97. The number of rotatable bonds is 3. The van der Waals surface area contributed by atoms with Crippen molar-refractivity contribution in [3.8, 4) is 0 Å². The Morgan fingerprint density at radius 2 is 1.88 bits per heavy atom. The summed E-state index contributed by atoms with van der Waals surface area (Å²) in [7, 11) is 0. The largest absolute Gasteiger partial charge is 0.296 e. The Hall–Kier alpha value is -3.42. The SMILES string of the molecule is Cc1ccc(N2C(=O)[C@H]3C(C(=O)c4cnccn4)=NN[C@@H]3C2=O)cc1. The van der Waals surface area contributed by atoms with Crippen LogP contribution in [0.1, 0.15) is 16.1 Å². The summed E-state index contributed by atoms with van der Waals surface area (Å²) in [5.74, 6) is -2.37. The van der Waals surface area contributed by atoms with Gasteiger partial charge in [-0.25, -0.2) is 9.88 Å². The summed E-state index contributed by atoms with van der Waals surface area (Å²) in [6.45, 7) is 1.91. The highest BCUT2D eigenvalue weighted by Crippen LogP contribution is 2.31. The molecule has 2 atom stereocenters. The lowest BCUT2D eigenvalue weighted by Crippen LogP contribution is -2.36. The number of aryl methyl sites for hydroxylation is 1. The van der Waals surface area contributed by atoms with Gasteiger partial charge in [0.05, 0.1) is 11.9 Å². The van der Waals surface area contributed by atoms with E-state index in [1.807, 2.05) is 19.1 Å². The maximum absolute atomic E-state index is 12.8. The van der Waals surface area contributed by atoms with Gasteiger partial charge in [0.15, 0.2) is 0 Å². The van der Waals surface area contributed by atoms with E-state index in [1.165, 1.54) is 18.6 Å². The molecule has 4 rings (SSSR count). The van der Waals surface area contributed by atoms with E-state index in [0.717, 1.165) is 10.5 Å². The molecule has 3 heterocycles. The van der Waals surface area contributed by atoms with E-state index in [0.29, 0.717) is 5.69 Å². The third kappa shape index (κ3) is 2.30. The molecule has 0 bridgehead atoms. The molecule has 0 saturated carbocycles. The third-order valence-corrected chi connectivity index (χ3v) is 4.25. The minimum Gasteiger partial charge on any atom is -0.296 e. The van der Waals surface area contributed by atoms with Crippen LogP contribution in [0.3, 0.4) is 0 Å². The zero-order valence-corrected chi connectivity index (χ0v) is 13.2. The number of hydrogen-bond acceptors (Lipinski definition) is 7. The predicted molar refractivity (Wildman–Crippen MR) is 87.9 cm³/mol. The number of fused-ring (bicyclic) bond motifs is 1. The van der Waals surface area contributed by atoms with Crippen molar-refractivity contribution >= 4 is 29.0 Å². The van der Waals surface area contributed by atoms with Crippen LogP contribution in [0.5, 0.6) is 0 Å². The van der Waals surface area contributed by atoms with Crippen molar-refractivity contribution < 1.29 is 14.4 Å². The number of nitrogens with zero attached hydrogens (tertiary/aromatic N) is 4. The molecule has 124 valence electrons. The number of benzene rings is 1. The van der Waals surface area contributed by atoms with Crippen molar-refractivity contribution in [3.63, 3.8) is 0 Å². The van der Waals surface area contributed by atoms with Gasteiger partial charge >= 0.3 is 0 Å². The van der Waals surface area contributed by atoms with E-state index >= 15 is 0 Å². The van der Waals surface area contributed by atoms with Crippen molar-refractivity contribution in [1.29, 1.82) is 0 Å². The molecular formula is C17H13N5O3. The van der Waals surface area contributed by atoms with Gasteiger partial charge < -0.3 is 0 Å². The molecule has 1 N–H and O–H groups in total. The number of nitrogens with one attached hydrogen (secondary N) is 1. The van der Waals surface area contributed by atoms with Gasteiger partial charge in [-0.2, -0.15) is 5.10 Å². The number of carbonyl (C=O) groups excluding carboxylic acids is 3. The summed E-state index contributed by atoms with van der Waals surface area (Å²) in [5, 5.41) is 3.92. The predicted octanol–water partition coefficient (Wildman–Crippen LogP) is 0.485. The molecule has 1 aromatic carbocycles. The molecule has 0 radical (unpaired) electrons. The van der Waals surface area contributed by atoms with Crippen molar-refractivity contribution in [2.75, 3.05) is 4.90 Å². The minimum absolute atomic E-state index is 0.0153. The molecule has 0 unspecified atom stereocenters. The second-order valence-corrected chi connectivity index (χ2v) is 5.85. The number of hydrogen-bond donors (Lipinski definition) is 1. The molecule has 1 saturated heterocycles. The molecule has 2 aliphatic heterocycles. The molecule has 25 heavy (non-hydrogen) atoms. The molecule has 8 nitrogen and oxygen atoms in total. The Kier molecular flexibility index (Phi) is 3.38. The van der Waals surface area contributed by atoms with E-state index in [-0.39, 0.29) is 11.4 Å². The maximum atomic E-state index is 12.8. The van der Waals surface area contributed by atoms with Crippen LogP contribution < -0.4 is 10.3 Å². The van der Waals surface area contributed by atoms with E-state index in [9.17, 15) is 14.4 Å². The molecule has 2 aliphatic rings. The molecule has 1 fully saturated rings. The summed E-state index contributed by atoms with van der Waals surface area (Å²) >= 11 is 0. The normalized spacial score (nSPS) is 21.8. The van der Waals surface area contributed by atoms with Crippen molar-refractivity contribution in [2.24, 2.45) is 11.0 Å². The number of aromatic nitrogens is 2. The van der Waals surface area contributed by atoms with Gasteiger partial charge in [0.1, 0.15) is 23.4 Å². The van der Waals surface area contributed by atoms with Gasteiger partial charge in [-0.1, -0.05) is 17.7 Å². The molecule has 0 spiro atoms. The lowest BCUT2D eigenvalue weighted by atomic mass is 9.94. The van der Waals surface area contributed by atoms with Crippen molar-refractivity contribution in [1.82, 2.24) is 15.4 Å². The second-order valence-electron chi connectivity index (χ2n) is 5.85. The quantitative estimate of drug-likeness (QED) is 0.646. The number of imide groups is 1. The lowest BCUT2D eigenvalue weighted by Gasteiger charge is -2.15. The average molecular weight is 335 g/mol. The first-order valence-corrected chi connectivity index (χ1v) is 7.66. The van der Waals surface area contributed by atoms with Crippen LogP contribution in [0.2, 0.25) is 0 Å². The smallest absolute Gasteiger partial charge is 0.259 e. The van der Waals surface area contributed by atoms with E-state index in [1.54, 1.807) is 12.1 Å². The topological polar surface area (TPSA) is 105 Å².